The van der Waals surface area contributed by atoms with Crippen molar-refractivity contribution in [3.8, 4) is 5.75 Å². The van der Waals surface area contributed by atoms with Crippen molar-refractivity contribution in [1.82, 2.24) is 15.2 Å². The van der Waals surface area contributed by atoms with Gasteiger partial charge in [0.05, 0.1) is 13.0 Å². The van der Waals surface area contributed by atoms with Crippen molar-refractivity contribution in [2.24, 2.45) is 0 Å². The van der Waals surface area contributed by atoms with Gasteiger partial charge in [-0.1, -0.05) is 0 Å². The molecule has 1 amide bonds. The number of pyridine rings is 1. The van der Waals surface area contributed by atoms with Crippen LogP contribution in [0.1, 0.15) is 13.3 Å². The standard InChI is InChI=1S/C14H22N4O3S/c1-10(16-14(22)18(2)3)21-11-5-7-15-12(9-11)17-13(19)6-8-20-4/h5,7,9-10H,6,8H2,1-4H3,(H,16,22)(H,15,17,19). The lowest BCUT2D eigenvalue weighted by Gasteiger charge is -2.21. The molecule has 1 atom stereocenters. The molecule has 1 rings (SSSR count). The monoisotopic (exact) mass is 326 g/mol. The maximum Gasteiger partial charge on any atom is 0.227 e. The third-order valence-electron chi connectivity index (χ3n) is 2.58. The molecule has 122 valence electrons. The van der Waals surface area contributed by atoms with Crippen LogP contribution in [0.25, 0.3) is 0 Å². The number of anilines is 1. The molecule has 1 unspecified atom stereocenters. The molecule has 0 spiro atoms. The summed E-state index contributed by atoms with van der Waals surface area (Å²) < 4.78 is 10.5. The van der Waals surface area contributed by atoms with Crippen molar-refractivity contribution >= 4 is 29.1 Å². The summed E-state index contributed by atoms with van der Waals surface area (Å²) in [6.45, 7) is 2.21. The summed E-state index contributed by atoms with van der Waals surface area (Å²) in [4.78, 5) is 17.5. The molecule has 0 aromatic carbocycles. The second-order valence-corrected chi connectivity index (χ2v) is 5.16. The number of carbonyl (C=O) groups is 1. The molecule has 0 fully saturated rings. The molecule has 0 aliphatic heterocycles. The number of nitrogens with zero attached hydrogens (tertiary/aromatic N) is 2. The Morgan fingerprint density at radius 2 is 2.23 bits per heavy atom. The molecule has 1 heterocycles. The fourth-order valence-electron chi connectivity index (χ4n) is 1.49. The lowest BCUT2D eigenvalue weighted by molar-refractivity contribution is -0.117. The van der Waals surface area contributed by atoms with E-state index in [0.717, 1.165) is 0 Å². The zero-order valence-electron chi connectivity index (χ0n) is 13.3. The van der Waals surface area contributed by atoms with Gasteiger partial charge in [0, 0.05) is 33.5 Å². The Bertz CT molecular complexity index is 511. The molecule has 2 N–H and O–H groups in total. The molecule has 0 aliphatic rings. The number of methoxy groups -OCH3 is 1. The Morgan fingerprint density at radius 1 is 1.50 bits per heavy atom. The normalized spacial score (nSPS) is 11.5. The van der Waals surface area contributed by atoms with Gasteiger partial charge in [-0.15, -0.1) is 0 Å². The van der Waals surface area contributed by atoms with Crippen LogP contribution in [0.5, 0.6) is 5.75 Å². The van der Waals surface area contributed by atoms with Crippen molar-refractivity contribution in [2.45, 2.75) is 19.6 Å². The number of thiocarbonyl (C=S) groups is 1. The number of amides is 1. The minimum absolute atomic E-state index is 0.161. The molecular formula is C14H22N4O3S. The number of nitrogens with one attached hydrogen (secondary N) is 2. The van der Waals surface area contributed by atoms with Gasteiger partial charge in [0.25, 0.3) is 0 Å². The van der Waals surface area contributed by atoms with E-state index in [2.05, 4.69) is 15.6 Å². The summed E-state index contributed by atoms with van der Waals surface area (Å²) in [7, 11) is 5.25. The lowest BCUT2D eigenvalue weighted by atomic mass is 10.4. The van der Waals surface area contributed by atoms with Gasteiger partial charge in [-0.2, -0.15) is 0 Å². The van der Waals surface area contributed by atoms with Crippen molar-refractivity contribution in [3.63, 3.8) is 0 Å². The predicted molar refractivity (Wildman–Crippen MR) is 88.9 cm³/mol. The summed E-state index contributed by atoms with van der Waals surface area (Å²) >= 11 is 5.15. The third kappa shape index (κ3) is 6.68. The Hall–Kier alpha value is -1.93. The van der Waals surface area contributed by atoms with E-state index < -0.39 is 0 Å². The second kappa shape index (κ2) is 9.16. The van der Waals surface area contributed by atoms with Gasteiger partial charge in [0.2, 0.25) is 5.91 Å². The van der Waals surface area contributed by atoms with E-state index in [1.54, 1.807) is 30.3 Å². The number of rotatable bonds is 7. The molecule has 0 saturated heterocycles. The first-order chi connectivity index (χ1) is 10.4. The number of hydrogen-bond acceptors (Lipinski definition) is 5. The second-order valence-electron chi connectivity index (χ2n) is 4.77. The molecule has 22 heavy (non-hydrogen) atoms. The minimum Gasteiger partial charge on any atom is -0.471 e. The van der Waals surface area contributed by atoms with E-state index in [9.17, 15) is 4.79 Å². The number of carbonyl (C=O) groups excluding carboxylic acids is 1. The summed E-state index contributed by atoms with van der Waals surface area (Å²) in [6, 6.07) is 3.36. The Kier molecular flexibility index (Phi) is 7.55. The van der Waals surface area contributed by atoms with Gasteiger partial charge in [0.15, 0.2) is 11.3 Å². The topological polar surface area (TPSA) is 75.7 Å². The number of aromatic nitrogens is 1. The van der Waals surface area contributed by atoms with Crippen LogP contribution in [0.4, 0.5) is 5.82 Å². The Labute approximate surface area is 136 Å². The van der Waals surface area contributed by atoms with Crippen LogP contribution in [0, 0.1) is 0 Å². The highest BCUT2D eigenvalue weighted by atomic mass is 32.1. The zero-order valence-corrected chi connectivity index (χ0v) is 14.1. The first kappa shape index (κ1) is 18.1. The zero-order chi connectivity index (χ0) is 16.5. The Morgan fingerprint density at radius 3 is 2.86 bits per heavy atom. The fourth-order valence-corrected chi connectivity index (χ4v) is 1.66. The summed E-state index contributed by atoms with van der Waals surface area (Å²) in [5, 5.41) is 6.29. The van der Waals surface area contributed by atoms with Gasteiger partial charge in [-0.25, -0.2) is 4.98 Å². The van der Waals surface area contributed by atoms with Crippen LogP contribution in [-0.2, 0) is 9.53 Å². The van der Waals surface area contributed by atoms with Crippen molar-refractivity contribution in [1.29, 1.82) is 0 Å². The van der Waals surface area contributed by atoms with Crippen LogP contribution in [0.2, 0.25) is 0 Å². The minimum atomic E-state index is -0.311. The smallest absolute Gasteiger partial charge is 0.227 e. The molecule has 1 aromatic heterocycles. The average molecular weight is 326 g/mol. The van der Waals surface area contributed by atoms with Crippen LogP contribution < -0.4 is 15.4 Å². The maximum absolute atomic E-state index is 11.6. The van der Waals surface area contributed by atoms with Crippen molar-refractivity contribution in [3.05, 3.63) is 18.3 Å². The number of hydrogen-bond donors (Lipinski definition) is 2. The van der Waals surface area contributed by atoms with E-state index in [1.165, 1.54) is 0 Å². The van der Waals surface area contributed by atoms with Crippen LogP contribution in [-0.4, -0.2) is 54.9 Å². The third-order valence-corrected chi connectivity index (χ3v) is 3.06. The summed E-state index contributed by atoms with van der Waals surface area (Å²) in [6.07, 6.45) is 1.53. The SMILES string of the molecule is COCCC(=O)Nc1cc(OC(C)NC(=S)N(C)C)ccn1. The number of ether oxygens (including phenoxy) is 2. The summed E-state index contributed by atoms with van der Waals surface area (Å²) in [5.41, 5.74) is 0. The molecule has 0 aliphatic carbocycles. The van der Waals surface area contributed by atoms with E-state index in [-0.39, 0.29) is 18.6 Å². The van der Waals surface area contributed by atoms with Crippen molar-refractivity contribution in [2.75, 3.05) is 33.1 Å². The molecule has 1 aromatic rings. The van der Waals surface area contributed by atoms with Gasteiger partial charge < -0.3 is 25.0 Å². The average Bonchev–Trinajstić information content (AvgIpc) is 2.45. The quantitative estimate of drug-likeness (QED) is 0.576. The largest absolute Gasteiger partial charge is 0.471 e. The highest BCUT2D eigenvalue weighted by Crippen LogP contribution is 2.15. The highest BCUT2D eigenvalue weighted by molar-refractivity contribution is 7.80. The van der Waals surface area contributed by atoms with Gasteiger partial charge in [0.1, 0.15) is 11.6 Å². The van der Waals surface area contributed by atoms with Crippen LogP contribution >= 0.6 is 12.2 Å². The van der Waals surface area contributed by atoms with Crippen molar-refractivity contribution < 1.29 is 14.3 Å². The molecule has 8 heteroatoms. The predicted octanol–water partition coefficient (Wildman–Crippen LogP) is 1.22. The molecular weight excluding hydrogens is 304 g/mol. The molecule has 0 saturated carbocycles. The molecule has 0 radical (unpaired) electrons. The first-order valence-electron chi connectivity index (χ1n) is 6.81. The molecule has 0 bridgehead atoms. The first-order valence-corrected chi connectivity index (χ1v) is 7.22. The maximum atomic E-state index is 11.6. The summed E-state index contributed by atoms with van der Waals surface area (Å²) in [5.74, 6) is 0.853. The Balaban J connectivity index is 2.56. The van der Waals surface area contributed by atoms with Gasteiger partial charge in [-0.05, 0) is 25.2 Å². The fraction of sp³-hybridized carbons (Fsp3) is 0.500. The van der Waals surface area contributed by atoms with Gasteiger partial charge >= 0.3 is 0 Å². The lowest BCUT2D eigenvalue weighted by Crippen LogP contribution is -2.42. The highest BCUT2D eigenvalue weighted by Gasteiger charge is 2.09. The van der Waals surface area contributed by atoms with E-state index in [0.29, 0.717) is 23.3 Å². The van der Waals surface area contributed by atoms with Crippen LogP contribution in [0.3, 0.4) is 0 Å². The van der Waals surface area contributed by atoms with E-state index >= 15 is 0 Å². The van der Waals surface area contributed by atoms with Gasteiger partial charge in [-0.3, -0.25) is 4.79 Å². The van der Waals surface area contributed by atoms with Crippen LogP contribution in [0.15, 0.2) is 18.3 Å². The molecule has 7 nitrogen and oxygen atoms in total. The van der Waals surface area contributed by atoms with E-state index in [1.807, 2.05) is 21.0 Å². The van der Waals surface area contributed by atoms with E-state index in [4.69, 9.17) is 21.7 Å².